The molecular weight excluding hydrogens is 250 g/mol. The van der Waals surface area contributed by atoms with Crippen molar-refractivity contribution in [1.29, 1.82) is 0 Å². The van der Waals surface area contributed by atoms with Crippen LogP contribution in [0.3, 0.4) is 0 Å². The Morgan fingerprint density at radius 2 is 2.10 bits per heavy atom. The molecule has 0 bridgehead atoms. The Labute approximate surface area is 124 Å². The standard InChI is InChI=1S/C17H31NO2/c1-6-13-18-17(15(19)20-7-2)11-8-9-14(10-12-17)16(3,4)5/h6,14,18H,1,7-13H2,2-5H3. The van der Waals surface area contributed by atoms with Crippen LogP contribution in [0, 0.1) is 11.3 Å². The molecule has 2 atom stereocenters. The number of hydrogen-bond donors (Lipinski definition) is 1. The molecule has 1 aliphatic rings. The summed E-state index contributed by atoms with van der Waals surface area (Å²) in [5.74, 6) is 0.584. The summed E-state index contributed by atoms with van der Waals surface area (Å²) in [5.41, 5.74) is -0.201. The third-order valence-corrected chi connectivity index (χ3v) is 4.55. The lowest BCUT2D eigenvalue weighted by Crippen LogP contribution is -2.52. The highest BCUT2D eigenvalue weighted by Crippen LogP contribution is 2.40. The van der Waals surface area contributed by atoms with Gasteiger partial charge in [0.2, 0.25) is 0 Å². The van der Waals surface area contributed by atoms with E-state index in [0.29, 0.717) is 24.5 Å². The van der Waals surface area contributed by atoms with Gasteiger partial charge in [-0.25, -0.2) is 0 Å². The van der Waals surface area contributed by atoms with E-state index in [1.165, 1.54) is 6.42 Å². The highest BCUT2D eigenvalue weighted by molar-refractivity contribution is 5.81. The predicted molar refractivity (Wildman–Crippen MR) is 83.6 cm³/mol. The zero-order chi connectivity index (χ0) is 15.2. The van der Waals surface area contributed by atoms with Gasteiger partial charge in [0, 0.05) is 6.54 Å². The molecule has 116 valence electrons. The predicted octanol–water partition coefficient (Wildman–Crippen LogP) is 3.69. The van der Waals surface area contributed by atoms with E-state index in [1.807, 2.05) is 13.0 Å². The number of ether oxygens (including phenoxy) is 1. The second-order valence-corrected chi connectivity index (χ2v) is 6.97. The zero-order valence-corrected chi connectivity index (χ0v) is 13.6. The summed E-state index contributed by atoms with van der Waals surface area (Å²) < 4.78 is 5.32. The fraction of sp³-hybridized carbons (Fsp3) is 0.824. The Morgan fingerprint density at radius 1 is 1.40 bits per heavy atom. The highest BCUT2D eigenvalue weighted by atomic mass is 16.5. The van der Waals surface area contributed by atoms with Crippen LogP contribution in [0.25, 0.3) is 0 Å². The van der Waals surface area contributed by atoms with Crippen molar-refractivity contribution in [3.8, 4) is 0 Å². The van der Waals surface area contributed by atoms with E-state index >= 15 is 0 Å². The van der Waals surface area contributed by atoms with Crippen LogP contribution in [0.5, 0.6) is 0 Å². The molecule has 0 saturated heterocycles. The van der Waals surface area contributed by atoms with Gasteiger partial charge in [0.25, 0.3) is 0 Å². The molecule has 0 aromatic carbocycles. The summed E-state index contributed by atoms with van der Waals surface area (Å²) in [4.78, 5) is 12.4. The van der Waals surface area contributed by atoms with Crippen LogP contribution in [-0.2, 0) is 9.53 Å². The molecule has 0 amide bonds. The largest absolute Gasteiger partial charge is 0.465 e. The molecule has 0 aromatic heterocycles. The molecular formula is C17H31NO2. The molecule has 1 aliphatic carbocycles. The quantitative estimate of drug-likeness (QED) is 0.474. The van der Waals surface area contributed by atoms with Crippen LogP contribution in [0.1, 0.15) is 59.8 Å². The van der Waals surface area contributed by atoms with E-state index < -0.39 is 5.54 Å². The van der Waals surface area contributed by atoms with Crippen molar-refractivity contribution in [2.24, 2.45) is 11.3 Å². The second kappa shape index (κ2) is 7.26. The summed E-state index contributed by atoms with van der Waals surface area (Å²) in [7, 11) is 0. The van der Waals surface area contributed by atoms with Crippen LogP contribution in [-0.4, -0.2) is 24.7 Å². The first-order chi connectivity index (χ1) is 9.35. The smallest absolute Gasteiger partial charge is 0.326 e. The number of carbonyl (C=O) groups is 1. The fourth-order valence-corrected chi connectivity index (χ4v) is 3.20. The van der Waals surface area contributed by atoms with Crippen molar-refractivity contribution >= 4 is 5.97 Å². The summed E-state index contributed by atoms with van der Waals surface area (Å²) >= 11 is 0. The average Bonchev–Trinajstić information content (AvgIpc) is 2.59. The van der Waals surface area contributed by atoms with Crippen LogP contribution < -0.4 is 5.32 Å². The lowest BCUT2D eigenvalue weighted by Gasteiger charge is -2.33. The number of rotatable bonds is 5. The van der Waals surface area contributed by atoms with Gasteiger partial charge in [0.15, 0.2) is 0 Å². The molecule has 0 aromatic rings. The Bertz CT molecular complexity index is 332. The second-order valence-electron chi connectivity index (χ2n) is 6.97. The molecule has 0 aliphatic heterocycles. The van der Waals surface area contributed by atoms with Crippen molar-refractivity contribution in [3.63, 3.8) is 0 Å². The van der Waals surface area contributed by atoms with Crippen LogP contribution in [0.4, 0.5) is 0 Å². The van der Waals surface area contributed by atoms with Crippen LogP contribution in [0.15, 0.2) is 12.7 Å². The summed E-state index contributed by atoms with van der Waals surface area (Å²) in [6.07, 6.45) is 6.89. The molecule has 1 N–H and O–H groups in total. The monoisotopic (exact) mass is 281 g/mol. The summed E-state index contributed by atoms with van der Waals surface area (Å²) in [5, 5.41) is 3.39. The van der Waals surface area contributed by atoms with Gasteiger partial charge in [-0.3, -0.25) is 10.1 Å². The first-order valence-electron chi connectivity index (χ1n) is 7.89. The third kappa shape index (κ3) is 4.34. The van der Waals surface area contributed by atoms with Crippen LogP contribution >= 0.6 is 0 Å². The van der Waals surface area contributed by atoms with Gasteiger partial charge in [0.1, 0.15) is 5.54 Å². The van der Waals surface area contributed by atoms with E-state index in [9.17, 15) is 4.79 Å². The number of carbonyl (C=O) groups excluding carboxylic acids is 1. The minimum absolute atomic E-state index is 0.0867. The highest BCUT2D eigenvalue weighted by Gasteiger charge is 2.42. The maximum Gasteiger partial charge on any atom is 0.326 e. The van der Waals surface area contributed by atoms with Gasteiger partial charge in [-0.05, 0) is 43.9 Å². The van der Waals surface area contributed by atoms with Crippen molar-refractivity contribution in [2.45, 2.75) is 65.3 Å². The Morgan fingerprint density at radius 3 is 2.65 bits per heavy atom. The molecule has 0 heterocycles. The van der Waals surface area contributed by atoms with Gasteiger partial charge in [-0.1, -0.05) is 33.3 Å². The molecule has 3 heteroatoms. The molecule has 20 heavy (non-hydrogen) atoms. The third-order valence-electron chi connectivity index (χ3n) is 4.55. The van der Waals surface area contributed by atoms with Crippen molar-refractivity contribution in [2.75, 3.05) is 13.2 Å². The first-order valence-corrected chi connectivity index (χ1v) is 7.89. The van der Waals surface area contributed by atoms with Crippen LogP contribution in [0.2, 0.25) is 0 Å². The van der Waals surface area contributed by atoms with E-state index in [0.717, 1.165) is 25.7 Å². The van der Waals surface area contributed by atoms with E-state index in [2.05, 4.69) is 32.7 Å². The van der Waals surface area contributed by atoms with Gasteiger partial charge in [-0.2, -0.15) is 0 Å². The molecule has 2 unspecified atom stereocenters. The molecule has 1 fully saturated rings. The van der Waals surface area contributed by atoms with Crippen molar-refractivity contribution in [1.82, 2.24) is 5.32 Å². The summed E-state index contributed by atoms with van der Waals surface area (Å²) in [6.45, 7) is 13.6. The lowest BCUT2D eigenvalue weighted by atomic mass is 9.76. The lowest BCUT2D eigenvalue weighted by molar-refractivity contribution is -0.152. The number of nitrogens with one attached hydrogen (secondary N) is 1. The van der Waals surface area contributed by atoms with Gasteiger partial charge >= 0.3 is 5.97 Å². The fourth-order valence-electron chi connectivity index (χ4n) is 3.20. The van der Waals surface area contributed by atoms with E-state index in [1.54, 1.807) is 0 Å². The number of hydrogen-bond acceptors (Lipinski definition) is 3. The normalized spacial score (nSPS) is 27.7. The van der Waals surface area contributed by atoms with Gasteiger partial charge < -0.3 is 4.74 Å². The maximum absolute atomic E-state index is 12.4. The SMILES string of the molecule is C=CCNC1(C(=O)OCC)CCCC(C(C)(C)C)CC1. The molecule has 3 nitrogen and oxygen atoms in total. The van der Waals surface area contributed by atoms with Crippen molar-refractivity contribution in [3.05, 3.63) is 12.7 Å². The summed E-state index contributed by atoms with van der Waals surface area (Å²) in [6, 6.07) is 0. The van der Waals surface area contributed by atoms with Gasteiger partial charge in [-0.15, -0.1) is 6.58 Å². The zero-order valence-electron chi connectivity index (χ0n) is 13.6. The minimum atomic E-state index is -0.510. The van der Waals surface area contributed by atoms with E-state index in [4.69, 9.17) is 4.74 Å². The van der Waals surface area contributed by atoms with E-state index in [-0.39, 0.29) is 5.97 Å². The molecule has 1 saturated carbocycles. The molecule has 1 rings (SSSR count). The minimum Gasteiger partial charge on any atom is -0.465 e. The first kappa shape index (κ1) is 17.2. The van der Waals surface area contributed by atoms with Crippen molar-refractivity contribution < 1.29 is 9.53 Å². The molecule has 0 radical (unpaired) electrons. The molecule has 0 spiro atoms. The number of esters is 1. The Kier molecular flexibility index (Phi) is 6.25. The topological polar surface area (TPSA) is 38.3 Å². The Hall–Kier alpha value is -0.830. The Balaban J connectivity index is 2.84. The average molecular weight is 281 g/mol. The van der Waals surface area contributed by atoms with Gasteiger partial charge in [0.05, 0.1) is 6.61 Å². The maximum atomic E-state index is 12.4.